The van der Waals surface area contributed by atoms with Gasteiger partial charge in [-0.15, -0.1) is 0 Å². The van der Waals surface area contributed by atoms with Gasteiger partial charge in [0.05, 0.1) is 19.6 Å². The van der Waals surface area contributed by atoms with Crippen LogP contribution in [0.4, 0.5) is 5.69 Å². The number of carbonyl (C=O) groups is 1. The molecule has 3 heterocycles. The SMILES string of the molecule is COc1ccc(NC(=O)[C@H]2C[C@H](C3CCN(Cc4ccc(C)o4)CC3)N(C)C2)cc1. The first-order valence-electron chi connectivity index (χ1n) is 10.9. The van der Waals surface area contributed by atoms with Gasteiger partial charge in [0.25, 0.3) is 0 Å². The summed E-state index contributed by atoms with van der Waals surface area (Å²) in [5.41, 5.74) is 0.827. The van der Waals surface area contributed by atoms with Crippen LogP contribution in [-0.2, 0) is 11.3 Å². The van der Waals surface area contributed by atoms with Crippen molar-refractivity contribution in [1.29, 1.82) is 0 Å². The molecule has 162 valence electrons. The van der Waals surface area contributed by atoms with Crippen LogP contribution in [0, 0.1) is 18.8 Å². The Hall–Kier alpha value is -2.31. The second kappa shape index (κ2) is 9.23. The predicted molar refractivity (Wildman–Crippen MR) is 118 cm³/mol. The number of ether oxygens (including phenoxy) is 1. The average molecular weight is 412 g/mol. The van der Waals surface area contributed by atoms with Gasteiger partial charge < -0.3 is 19.4 Å². The minimum Gasteiger partial charge on any atom is -0.497 e. The van der Waals surface area contributed by atoms with Gasteiger partial charge in [0.1, 0.15) is 17.3 Å². The van der Waals surface area contributed by atoms with Crippen molar-refractivity contribution in [3.63, 3.8) is 0 Å². The third kappa shape index (κ3) is 4.87. The van der Waals surface area contributed by atoms with Crippen molar-refractivity contribution >= 4 is 11.6 Å². The zero-order chi connectivity index (χ0) is 21.1. The van der Waals surface area contributed by atoms with Crippen LogP contribution in [-0.4, -0.2) is 55.5 Å². The molecule has 2 aliphatic rings. The van der Waals surface area contributed by atoms with Crippen molar-refractivity contribution < 1.29 is 13.9 Å². The van der Waals surface area contributed by atoms with Gasteiger partial charge in [-0.25, -0.2) is 0 Å². The van der Waals surface area contributed by atoms with Gasteiger partial charge in [0.15, 0.2) is 0 Å². The van der Waals surface area contributed by atoms with Gasteiger partial charge in [-0.3, -0.25) is 9.69 Å². The summed E-state index contributed by atoms with van der Waals surface area (Å²) in [5, 5.41) is 3.08. The van der Waals surface area contributed by atoms with E-state index in [1.54, 1.807) is 7.11 Å². The molecule has 2 atom stereocenters. The average Bonchev–Trinajstić information content (AvgIpc) is 3.34. The lowest BCUT2D eigenvalue weighted by molar-refractivity contribution is -0.119. The number of benzene rings is 1. The molecule has 0 radical (unpaired) electrons. The summed E-state index contributed by atoms with van der Waals surface area (Å²) >= 11 is 0. The van der Waals surface area contributed by atoms with E-state index in [2.05, 4.69) is 28.2 Å². The molecule has 30 heavy (non-hydrogen) atoms. The van der Waals surface area contributed by atoms with E-state index in [0.29, 0.717) is 12.0 Å². The zero-order valence-corrected chi connectivity index (χ0v) is 18.3. The lowest BCUT2D eigenvalue weighted by Gasteiger charge is -2.36. The molecule has 0 saturated carbocycles. The summed E-state index contributed by atoms with van der Waals surface area (Å²) in [4.78, 5) is 17.7. The quantitative estimate of drug-likeness (QED) is 0.784. The van der Waals surface area contributed by atoms with Crippen LogP contribution in [0.5, 0.6) is 5.75 Å². The van der Waals surface area contributed by atoms with Crippen molar-refractivity contribution in [3.05, 3.63) is 47.9 Å². The van der Waals surface area contributed by atoms with E-state index in [0.717, 1.165) is 55.6 Å². The molecule has 1 amide bonds. The number of rotatable bonds is 6. The fraction of sp³-hybridized carbons (Fsp3) is 0.542. The Morgan fingerprint density at radius 3 is 2.53 bits per heavy atom. The Labute approximate surface area is 179 Å². The van der Waals surface area contributed by atoms with E-state index in [1.807, 2.05) is 37.3 Å². The number of aryl methyl sites for hydroxylation is 1. The van der Waals surface area contributed by atoms with Gasteiger partial charge in [-0.05, 0) is 88.6 Å². The molecule has 1 aromatic heterocycles. The summed E-state index contributed by atoms with van der Waals surface area (Å²) in [6, 6.07) is 12.1. The highest BCUT2D eigenvalue weighted by atomic mass is 16.5. The molecule has 2 aromatic rings. The Bertz CT molecular complexity index is 840. The molecule has 2 aliphatic heterocycles. The largest absolute Gasteiger partial charge is 0.497 e. The Kier molecular flexibility index (Phi) is 6.44. The number of nitrogens with one attached hydrogen (secondary N) is 1. The fourth-order valence-electron chi connectivity index (χ4n) is 4.98. The third-order valence-corrected chi connectivity index (χ3v) is 6.68. The topological polar surface area (TPSA) is 58.0 Å². The van der Waals surface area contributed by atoms with E-state index in [1.165, 1.54) is 12.8 Å². The van der Waals surface area contributed by atoms with E-state index in [-0.39, 0.29) is 11.8 Å². The van der Waals surface area contributed by atoms with Crippen LogP contribution in [0.1, 0.15) is 30.8 Å². The lowest BCUT2D eigenvalue weighted by Crippen LogP contribution is -2.41. The number of hydrogen-bond donors (Lipinski definition) is 1. The van der Waals surface area contributed by atoms with Crippen molar-refractivity contribution in [2.45, 2.75) is 38.8 Å². The molecule has 0 bridgehead atoms. The number of nitrogens with zero attached hydrogens (tertiary/aromatic N) is 2. The number of carbonyl (C=O) groups excluding carboxylic acids is 1. The standard InChI is InChI=1S/C24H33N3O3/c1-17-4-7-22(30-17)16-27-12-10-18(11-13-27)23-14-19(15-26(23)2)24(28)25-20-5-8-21(29-3)9-6-20/h4-9,18-19,23H,10-16H2,1-3H3,(H,25,28)/t19-,23+/m0/s1. The van der Waals surface area contributed by atoms with Crippen molar-refractivity contribution in [3.8, 4) is 5.75 Å². The molecule has 6 nitrogen and oxygen atoms in total. The first-order chi connectivity index (χ1) is 14.5. The van der Waals surface area contributed by atoms with Crippen molar-refractivity contribution in [1.82, 2.24) is 9.80 Å². The molecule has 1 N–H and O–H groups in total. The summed E-state index contributed by atoms with van der Waals surface area (Å²) in [6.07, 6.45) is 3.31. The Balaban J connectivity index is 1.27. The van der Waals surface area contributed by atoms with E-state index in [4.69, 9.17) is 9.15 Å². The maximum atomic E-state index is 12.8. The molecule has 2 fully saturated rings. The van der Waals surface area contributed by atoms with E-state index < -0.39 is 0 Å². The highest BCUT2D eigenvalue weighted by Crippen LogP contribution is 2.34. The second-order valence-corrected chi connectivity index (χ2v) is 8.78. The number of methoxy groups -OCH3 is 1. The minimum absolute atomic E-state index is 0.0474. The van der Waals surface area contributed by atoms with Crippen LogP contribution in [0.15, 0.2) is 40.8 Å². The monoisotopic (exact) mass is 411 g/mol. The number of furan rings is 1. The molecular formula is C24H33N3O3. The predicted octanol–water partition coefficient (Wildman–Crippen LogP) is 3.77. The summed E-state index contributed by atoms with van der Waals surface area (Å²) < 4.78 is 10.9. The van der Waals surface area contributed by atoms with Crippen LogP contribution < -0.4 is 10.1 Å². The van der Waals surface area contributed by atoms with E-state index >= 15 is 0 Å². The summed E-state index contributed by atoms with van der Waals surface area (Å²) in [7, 11) is 3.81. The van der Waals surface area contributed by atoms with Crippen molar-refractivity contribution in [2.75, 3.05) is 39.1 Å². The van der Waals surface area contributed by atoms with Crippen molar-refractivity contribution in [2.24, 2.45) is 11.8 Å². The van der Waals surface area contributed by atoms with Crippen LogP contribution in [0.25, 0.3) is 0 Å². The number of piperidine rings is 1. The molecular weight excluding hydrogens is 378 g/mol. The smallest absolute Gasteiger partial charge is 0.228 e. The Morgan fingerprint density at radius 1 is 1.17 bits per heavy atom. The molecule has 1 aromatic carbocycles. The normalized spacial score (nSPS) is 23.6. The number of amides is 1. The van der Waals surface area contributed by atoms with Crippen LogP contribution >= 0.6 is 0 Å². The van der Waals surface area contributed by atoms with Crippen LogP contribution in [0.3, 0.4) is 0 Å². The first-order valence-corrected chi connectivity index (χ1v) is 10.9. The maximum Gasteiger partial charge on any atom is 0.228 e. The maximum absolute atomic E-state index is 12.8. The first kappa shape index (κ1) is 20.9. The third-order valence-electron chi connectivity index (χ3n) is 6.68. The van der Waals surface area contributed by atoms with Gasteiger partial charge in [0.2, 0.25) is 5.91 Å². The summed E-state index contributed by atoms with van der Waals surface area (Å²) in [6.45, 7) is 5.91. The highest BCUT2D eigenvalue weighted by molar-refractivity contribution is 5.93. The fourth-order valence-corrected chi connectivity index (χ4v) is 4.98. The van der Waals surface area contributed by atoms with E-state index in [9.17, 15) is 4.79 Å². The van der Waals surface area contributed by atoms with Gasteiger partial charge >= 0.3 is 0 Å². The number of likely N-dealkylation sites (tertiary alicyclic amines) is 2. The number of anilines is 1. The zero-order valence-electron chi connectivity index (χ0n) is 18.3. The van der Waals surface area contributed by atoms with Crippen LogP contribution in [0.2, 0.25) is 0 Å². The highest BCUT2D eigenvalue weighted by Gasteiger charge is 2.39. The molecule has 2 saturated heterocycles. The lowest BCUT2D eigenvalue weighted by atomic mass is 9.86. The molecule has 0 aliphatic carbocycles. The molecule has 6 heteroatoms. The molecule has 4 rings (SSSR count). The van der Waals surface area contributed by atoms with Gasteiger partial charge in [-0.1, -0.05) is 0 Å². The number of hydrogen-bond acceptors (Lipinski definition) is 5. The minimum atomic E-state index is 0.0474. The second-order valence-electron chi connectivity index (χ2n) is 8.78. The summed E-state index contributed by atoms with van der Waals surface area (Å²) in [5.74, 6) is 3.66. The Morgan fingerprint density at radius 2 is 1.90 bits per heavy atom. The molecule has 0 unspecified atom stereocenters. The van der Waals surface area contributed by atoms with Gasteiger partial charge in [0, 0.05) is 18.3 Å². The molecule has 0 spiro atoms. The van der Waals surface area contributed by atoms with Gasteiger partial charge in [-0.2, -0.15) is 0 Å².